The summed E-state index contributed by atoms with van der Waals surface area (Å²) in [6.45, 7) is 1.79. The third kappa shape index (κ3) is 3.69. The van der Waals surface area contributed by atoms with E-state index in [1.165, 1.54) is 18.2 Å². The number of phenols is 1. The second kappa shape index (κ2) is 6.55. The number of aromatic hydroxyl groups is 1. The quantitative estimate of drug-likeness (QED) is 0.667. The fraction of sp³-hybridized carbons (Fsp3) is 0.111. The van der Waals surface area contributed by atoms with Crippen molar-refractivity contribution in [3.63, 3.8) is 0 Å². The van der Waals surface area contributed by atoms with E-state index in [4.69, 9.17) is 4.42 Å². The molecule has 1 amide bonds. The third-order valence-electron chi connectivity index (χ3n) is 3.60. The van der Waals surface area contributed by atoms with Gasteiger partial charge in [0.15, 0.2) is 5.69 Å². The van der Waals surface area contributed by atoms with Crippen molar-refractivity contribution in [3.05, 3.63) is 65.5 Å². The first kappa shape index (κ1) is 17.5. The zero-order valence-electron chi connectivity index (χ0n) is 13.5. The van der Waals surface area contributed by atoms with Gasteiger partial charge in [0, 0.05) is 5.56 Å². The van der Waals surface area contributed by atoms with Crippen LogP contribution in [0.15, 0.2) is 53.1 Å². The maximum Gasteiger partial charge on any atom is 0.416 e. The van der Waals surface area contributed by atoms with Crippen molar-refractivity contribution in [2.24, 2.45) is 0 Å². The molecule has 0 atom stereocenters. The lowest BCUT2D eigenvalue weighted by atomic mass is 10.1. The standard InChI is InChI=1S/C18H13F3N2O3/c1-10-2-7-13(15(24)8-10)22-16(25)14-9-26-17(23-14)11-3-5-12(6-4-11)18(19,20)21/h2-9,24H,1H3,(H,22,25). The van der Waals surface area contributed by atoms with Crippen LogP contribution in [-0.4, -0.2) is 16.0 Å². The Morgan fingerprint density at radius 3 is 2.46 bits per heavy atom. The summed E-state index contributed by atoms with van der Waals surface area (Å²) in [7, 11) is 0. The van der Waals surface area contributed by atoms with Gasteiger partial charge in [-0.1, -0.05) is 6.07 Å². The van der Waals surface area contributed by atoms with Gasteiger partial charge in [0.05, 0.1) is 11.3 Å². The van der Waals surface area contributed by atoms with Crippen LogP contribution in [0.3, 0.4) is 0 Å². The Morgan fingerprint density at radius 2 is 1.85 bits per heavy atom. The van der Waals surface area contributed by atoms with Crippen LogP contribution in [0.25, 0.3) is 11.5 Å². The van der Waals surface area contributed by atoms with E-state index in [2.05, 4.69) is 10.3 Å². The van der Waals surface area contributed by atoms with Crippen LogP contribution in [0.5, 0.6) is 5.75 Å². The molecule has 8 heteroatoms. The highest BCUT2D eigenvalue weighted by molar-refractivity contribution is 6.03. The molecule has 2 aromatic carbocycles. The summed E-state index contributed by atoms with van der Waals surface area (Å²) in [5.41, 5.74) is 0.474. The number of hydrogen-bond donors (Lipinski definition) is 2. The molecule has 0 saturated carbocycles. The van der Waals surface area contributed by atoms with E-state index in [0.717, 1.165) is 24.0 Å². The number of halogens is 3. The van der Waals surface area contributed by atoms with Gasteiger partial charge in [0.2, 0.25) is 5.89 Å². The normalized spacial score (nSPS) is 11.4. The minimum atomic E-state index is -4.43. The van der Waals surface area contributed by atoms with Gasteiger partial charge >= 0.3 is 6.18 Å². The highest BCUT2D eigenvalue weighted by Crippen LogP contribution is 2.31. The molecule has 0 unspecified atom stereocenters. The van der Waals surface area contributed by atoms with Crippen molar-refractivity contribution in [2.45, 2.75) is 13.1 Å². The van der Waals surface area contributed by atoms with Crippen LogP contribution in [0, 0.1) is 6.92 Å². The number of nitrogens with zero attached hydrogens (tertiary/aromatic N) is 1. The zero-order chi connectivity index (χ0) is 18.9. The second-order valence-corrected chi connectivity index (χ2v) is 5.59. The van der Waals surface area contributed by atoms with Gasteiger partial charge in [0.25, 0.3) is 5.91 Å². The van der Waals surface area contributed by atoms with Gasteiger partial charge in [-0.25, -0.2) is 4.98 Å². The third-order valence-corrected chi connectivity index (χ3v) is 3.60. The van der Waals surface area contributed by atoms with Crippen LogP contribution < -0.4 is 5.32 Å². The minimum absolute atomic E-state index is 0.0111. The molecule has 0 bridgehead atoms. The van der Waals surface area contributed by atoms with Gasteiger partial charge < -0.3 is 14.8 Å². The monoisotopic (exact) mass is 362 g/mol. The lowest BCUT2D eigenvalue weighted by Crippen LogP contribution is -2.12. The molecule has 0 fully saturated rings. The molecule has 0 saturated heterocycles. The summed E-state index contributed by atoms with van der Waals surface area (Å²) in [6, 6.07) is 8.98. The van der Waals surface area contributed by atoms with Crippen LogP contribution in [-0.2, 0) is 6.18 Å². The van der Waals surface area contributed by atoms with Crippen molar-refractivity contribution in [2.75, 3.05) is 5.32 Å². The Labute approximate surface area is 146 Å². The first-order chi connectivity index (χ1) is 12.2. The van der Waals surface area contributed by atoms with E-state index in [-0.39, 0.29) is 23.0 Å². The Bertz CT molecular complexity index is 947. The summed E-state index contributed by atoms with van der Waals surface area (Å²) in [4.78, 5) is 16.2. The molecule has 0 radical (unpaired) electrons. The molecule has 0 aliphatic carbocycles. The summed E-state index contributed by atoms with van der Waals surface area (Å²) in [6.07, 6.45) is -3.34. The molecule has 1 aromatic heterocycles. The molecule has 3 aromatic rings. The predicted octanol–water partition coefficient (Wildman–Crippen LogP) is 4.63. The number of nitrogens with one attached hydrogen (secondary N) is 1. The maximum absolute atomic E-state index is 12.6. The molecule has 0 spiro atoms. The smallest absolute Gasteiger partial charge is 0.416 e. The number of rotatable bonds is 3. The molecule has 134 valence electrons. The maximum atomic E-state index is 12.6. The highest BCUT2D eigenvalue weighted by atomic mass is 19.4. The molecule has 5 nitrogen and oxygen atoms in total. The predicted molar refractivity (Wildman–Crippen MR) is 87.7 cm³/mol. The average Bonchev–Trinajstić information content (AvgIpc) is 3.07. The topological polar surface area (TPSA) is 75.4 Å². The molecule has 2 N–H and O–H groups in total. The fourth-order valence-electron chi connectivity index (χ4n) is 2.25. The van der Waals surface area contributed by atoms with Gasteiger partial charge in [-0.15, -0.1) is 0 Å². The van der Waals surface area contributed by atoms with Crippen LogP contribution in [0.4, 0.5) is 18.9 Å². The second-order valence-electron chi connectivity index (χ2n) is 5.59. The SMILES string of the molecule is Cc1ccc(NC(=O)c2coc(-c3ccc(C(F)(F)F)cc3)n2)c(O)c1. The minimum Gasteiger partial charge on any atom is -0.506 e. The number of aromatic nitrogens is 1. The number of phenolic OH excluding ortho intramolecular Hbond substituents is 1. The van der Waals surface area contributed by atoms with E-state index < -0.39 is 17.6 Å². The Kier molecular flexibility index (Phi) is 4.41. The van der Waals surface area contributed by atoms with Crippen LogP contribution >= 0.6 is 0 Å². The van der Waals surface area contributed by atoms with E-state index in [1.807, 2.05) is 0 Å². The Balaban J connectivity index is 1.77. The summed E-state index contributed by atoms with van der Waals surface area (Å²) in [5.74, 6) is -0.701. The number of alkyl halides is 3. The van der Waals surface area contributed by atoms with Crippen molar-refractivity contribution in [3.8, 4) is 17.2 Å². The first-order valence-electron chi connectivity index (χ1n) is 7.48. The van der Waals surface area contributed by atoms with E-state index in [9.17, 15) is 23.1 Å². The number of oxazole rings is 1. The lowest BCUT2D eigenvalue weighted by molar-refractivity contribution is -0.137. The van der Waals surface area contributed by atoms with E-state index in [1.54, 1.807) is 19.1 Å². The van der Waals surface area contributed by atoms with Gasteiger partial charge in [-0.2, -0.15) is 13.2 Å². The van der Waals surface area contributed by atoms with Crippen molar-refractivity contribution < 1.29 is 27.5 Å². The zero-order valence-corrected chi connectivity index (χ0v) is 13.5. The van der Waals surface area contributed by atoms with Crippen LogP contribution in [0.2, 0.25) is 0 Å². The van der Waals surface area contributed by atoms with Gasteiger partial charge in [-0.3, -0.25) is 4.79 Å². The number of aryl methyl sites for hydroxylation is 1. The van der Waals surface area contributed by atoms with Crippen LogP contribution in [0.1, 0.15) is 21.6 Å². The number of hydrogen-bond acceptors (Lipinski definition) is 4. The Hall–Kier alpha value is -3.29. The molecule has 3 rings (SSSR count). The molecule has 0 aliphatic rings. The largest absolute Gasteiger partial charge is 0.506 e. The fourth-order valence-corrected chi connectivity index (χ4v) is 2.25. The van der Waals surface area contributed by atoms with Gasteiger partial charge in [-0.05, 0) is 48.9 Å². The van der Waals surface area contributed by atoms with Crippen molar-refractivity contribution in [1.29, 1.82) is 0 Å². The molecule has 26 heavy (non-hydrogen) atoms. The van der Waals surface area contributed by atoms with E-state index >= 15 is 0 Å². The summed E-state index contributed by atoms with van der Waals surface area (Å²) >= 11 is 0. The van der Waals surface area contributed by atoms with Crippen molar-refractivity contribution >= 4 is 11.6 Å². The molecule has 1 heterocycles. The van der Waals surface area contributed by atoms with E-state index in [0.29, 0.717) is 5.56 Å². The number of carbonyl (C=O) groups is 1. The lowest BCUT2D eigenvalue weighted by Gasteiger charge is -2.06. The molecule has 0 aliphatic heterocycles. The first-order valence-corrected chi connectivity index (χ1v) is 7.48. The number of carbonyl (C=O) groups excluding carboxylic acids is 1. The summed E-state index contributed by atoms with van der Waals surface area (Å²) in [5, 5.41) is 12.3. The number of amides is 1. The van der Waals surface area contributed by atoms with Gasteiger partial charge in [0.1, 0.15) is 12.0 Å². The molecular weight excluding hydrogens is 349 g/mol. The highest BCUT2D eigenvalue weighted by Gasteiger charge is 2.30. The number of benzene rings is 2. The summed E-state index contributed by atoms with van der Waals surface area (Å²) < 4.78 is 42.9. The molecular formula is C18H13F3N2O3. The van der Waals surface area contributed by atoms with Crippen molar-refractivity contribution in [1.82, 2.24) is 4.98 Å². The number of anilines is 1. The Morgan fingerprint density at radius 1 is 1.15 bits per heavy atom. The average molecular weight is 362 g/mol.